The van der Waals surface area contributed by atoms with Gasteiger partial charge in [-0.3, -0.25) is 4.79 Å². The summed E-state index contributed by atoms with van der Waals surface area (Å²) in [5.41, 5.74) is 0.599. The lowest BCUT2D eigenvalue weighted by Crippen LogP contribution is -2.46. The molecule has 0 radical (unpaired) electrons. The van der Waals surface area contributed by atoms with Crippen LogP contribution >= 0.6 is 11.6 Å². The maximum absolute atomic E-state index is 12.3. The summed E-state index contributed by atoms with van der Waals surface area (Å²) in [4.78, 5) is 25.7. The molecule has 0 saturated carbocycles. The van der Waals surface area contributed by atoms with Crippen molar-refractivity contribution in [3.05, 3.63) is 29.8 Å². The molecule has 0 aliphatic carbocycles. The summed E-state index contributed by atoms with van der Waals surface area (Å²) < 4.78 is 10.4. The van der Waals surface area contributed by atoms with Crippen LogP contribution in [0.15, 0.2) is 24.3 Å². The Morgan fingerprint density at radius 2 is 1.92 bits per heavy atom. The second-order valence-electron chi connectivity index (χ2n) is 5.50. The van der Waals surface area contributed by atoms with E-state index in [0.29, 0.717) is 44.0 Å². The van der Waals surface area contributed by atoms with E-state index in [1.165, 1.54) is 0 Å². The summed E-state index contributed by atoms with van der Waals surface area (Å²) in [7, 11) is 0. The highest BCUT2D eigenvalue weighted by Crippen LogP contribution is 2.15. The van der Waals surface area contributed by atoms with Crippen LogP contribution in [0.2, 0.25) is 0 Å². The number of hydrogen-bond donors (Lipinski definition) is 1. The average molecular weight is 355 g/mol. The number of piperidine rings is 1. The van der Waals surface area contributed by atoms with Crippen molar-refractivity contribution in [2.24, 2.45) is 0 Å². The molecule has 0 aromatic heterocycles. The first-order valence-corrected chi connectivity index (χ1v) is 8.69. The molecule has 1 aliphatic heterocycles. The van der Waals surface area contributed by atoms with E-state index < -0.39 is 0 Å². The van der Waals surface area contributed by atoms with Crippen molar-refractivity contribution in [3.63, 3.8) is 0 Å². The minimum atomic E-state index is -0.341. The first-order chi connectivity index (χ1) is 11.6. The molecule has 24 heavy (non-hydrogen) atoms. The summed E-state index contributed by atoms with van der Waals surface area (Å²) in [5, 5.41) is 3.01. The van der Waals surface area contributed by atoms with Gasteiger partial charge in [-0.05, 0) is 44.0 Å². The smallest absolute Gasteiger partial charge is 0.409 e. The van der Waals surface area contributed by atoms with E-state index in [4.69, 9.17) is 21.1 Å². The molecule has 1 aromatic carbocycles. The lowest BCUT2D eigenvalue weighted by atomic mass is 10.0. The minimum absolute atomic E-state index is 0.0566. The van der Waals surface area contributed by atoms with Crippen molar-refractivity contribution in [2.75, 3.05) is 32.2 Å². The van der Waals surface area contributed by atoms with Gasteiger partial charge in [0.25, 0.3) is 5.91 Å². The number of nitrogens with zero attached hydrogens (tertiary/aromatic N) is 1. The van der Waals surface area contributed by atoms with E-state index >= 15 is 0 Å². The molecule has 6 nitrogen and oxygen atoms in total. The quantitative estimate of drug-likeness (QED) is 0.797. The number of nitrogens with one attached hydrogen (secondary N) is 1. The van der Waals surface area contributed by atoms with Gasteiger partial charge in [0.05, 0.1) is 12.5 Å². The minimum Gasteiger partial charge on any atom is -0.494 e. The van der Waals surface area contributed by atoms with Gasteiger partial charge in [0.15, 0.2) is 0 Å². The van der Waals surface area contributed by atoms with Crippen molar-refractivity contribution in [1.82, 2.24) is 10.2 Å². The second-order valence-corrected chi connectivity index (χ2v) is 5.87. The maximum atomic E-state index is 12.3. The number of amides is 2. The average Bonchev–Trinajstić information content (AvgIpc) is 2.61. The van der Waals surface area contributed by atoms with Gasteiger partial charge in [-0.25, -0.2) is 4.79 Å². The third-order valence-corrected chi connectivity index (χ3v) is 3.97. The Labute approximate surface area is 147 Å². The predicted molar refractivity (Wildman–Crippen MR) is 91.7 cm³/mol. The van der Waals surface area contributed by atoms with Gasteiger partial charge >= 0.3 is 6.09 Å². The fraction of sp³-hybridized carbons (Fsp3) is 0.529. The van der Waals surface area contributed by atoms with E-state index in [1.807, 2.05) is 6.92 Å². The van der Waals surface area contributed by atoms with E-state index in [0.717, 1.165) is 5.75 Å². The summed E-state index contributed by atoms with van der Waals surface area (Å²) in [5.74, 6) is 0.930. The molecule has 2 amide bonds. The number of hydrogen-bond acceptors (Lipinski definition) is 4. The predicted octanol–water partition coefficient (Wildman–Crippen LogP) is 2.65. The van der Waals surface area contributed by atoms with Gasteiger partial charge in [-0.1, -0.05) is 0 Å². The van der Waals surface area contributed by atoms with Crippen molar-refractivity contribution in [1.29, 1.82) is 0 Å². The van der Waals surface area contributed by atoms with Crippen molar-refractivity contribution in [2.45, 2.75) is 25.8 Å². The highest BCUT2D eigenvalue weighted by Gasteiger charge is 2.24. The molecule has 2 rings (SSSR count). The molecular weight excluding hydrogens is 332 g/mol. The van der Waals surface area contributed by atoms with Gasteiger partial charge in [-0.15, -0.1) is 11.6 Å². The zero-order chi connectivity index (χ0) is 17.4. The SMILES string of the molecule is CCOc1ccc(C(=O)NC2CCN(C(=O)OCCCl)CC2)cc1. The summed E-state index contributed by atoms with van der Waals surface area (Å²) in [6.45, 7) is 3.86. The topological polar surface area (TPSA) is 67.9 Å². The monoisotopic (exact) mass is 354 g/mol. The molecule has 1 aliphatic rings. The van der Waals surface area contributed by atoms with Crippen LogP contribution in [0.3, 0.4) is 0 Å². The van der Waals surface area contributed by atoms with Crippen LogP contribution < -0.4 is 10.1 Å². The molecule has 1 aromatic rings. The molecule has 7 heteroatoms. The normalized spacial score (nSPS) is 15.0. The number of likely N-dealkylation sites (tertiary alicyclic amines) is 1. The third-order valence-electron chi connectivity index (χ3n) is 3.82. The Kier molecular flexibility index (Phi) is 7.18. The Morgan fingerprint density at radius 1 is 1.25 bits per heavy atom. The molecule has 1 N–H and O–H groups in total. The Bertz CT molecular complexity index is 542. The zero-order valence-corrected chi connectivity index (χ0v) is 14.6. The van der Waals surface area contributed by atoms with Crippen LogP contribution in [-0.2, 0) is 4.74 Å². The molecule has 0 atom stereocenters. The van der Waals surface area contributed by atoms with Gasteiger partial charge < -0.3 is 19.7 Å². The number of carbonyl (C=O) groups excluding carboxylic acids is 2. The molecule has 1 fully saturated rings. The van der Waals surface area contributed by atoms with Crippen LogP contribution in [0.25, 0.3) is 0 Å². The van der Waals surface area contributed by atoms with Gasteiger partial charge in [0, 0.05) is 24.7 Å². The van der Waals surface area contributed by atoms with Crippen LogP contribution in [0.5, 0.6) is 5.75 Å². The van der Waals surface area contributed by atoms with Crippen LogP contribution in [0.4, 0.5) is 4.79 Å². The van der Waals surface area contributed by atoms with Crippen LogP contribution in [-0.4, -0.2) is 55.1 Å². The standard InChI is InChI=1S/C17H23ClN2O4/c1-2-23-15-5-3-13(4-6-15)16(21)19-14-7-10-20(11-8-14)17(22)24-12-9-18/h3-6,14H,2,7-12H2,1H3,(H,19,21). The molecular formula is C17H23ClN2O4. The molecule has 132 valence electrons. The molecule has 1 saturated heterocycles. The van der Waals surface area contributed by atoms with Gasteiger partial charge in [0.2, 0.25) is 0 Å². The maximum Gasteiger partial charge on any atom is 0.409 e. The zero-order valence-electron chi connectivity index (χ0n) is 13.8. The number of carbonyl (C=O) groups is 2. The Hall–Kier alpha value is -1.95. The number of halogens is 1. The van der Waals surface area contributed by atoms with Crippen molar-refractivity contribution < 1.29 is 19.1 Å². The number of rotatable bonds is 6. The highest BCUT2D eigenvalue weighted by molar-refractivity contribution is 6.18. The van der Waals surface area contributed by atoms with E-state index in [1.54, 1.807) is 29.2 Å². The van der Waals surface area contributed by atoms with E-state index in [-0.39, 0.29) is 24.6 Å². The largest absolute Gasteiger partial charge is 0.494 e. The number of alkyl halides is 1. The fourth-order valence-electron chi connectivity index (χ4n) is 2.56. The fourth-order valence-corrected chi connectivity index (χ4v) is 2.64. The summed E-state index contributed by atoms with van der Waals surface area (Å²) >= 11 is 5.50. The summed E-state index contributed by atoms with van der Waals surface area (Å²) in [6, 6.07) is 7.13. The molecule has 0 unspecified atom stereocenters. The summed E-state index contributed by atoms with van der Waals surface area (Å²) in [6.07, 6.45) is 1.07. The highest BCUT2D eigenvalue weighted by atomic mass is 35.5. The molecule has 0 bridgehead atoms. The van der Waals surface area contributed by atoms with E-state index in [2.05, 4.69) is 5.32 Å². The van der Waals surface area contributed by atoms with Gasteiger partial charge in [-0.2, -0.15) is 0 Å². The molecule has 0 spiro atoms. The third kappa shape index (κ3) is 5.30. The number of benzene rings is 1. The molecule has 1 heterocycles. The number of ether oxygens (including phenoxy) is 2. The lowest BCUT2D eigenvalue weighted by Gasteiger charge is -2.31. The van der Waals surface area contributed by atoms with Crippen LogP contribution in [0, 0.1) is 0 Å². The Balaban J connectivity index is 1.78. The van der Waals surface area contributed by atoms with E-state index in [9.17, 15) is 9.59 Å². The lowest BCUT2D eigenvalue weighted by molar-refractivity contribution is 0.0862. The van der Waals surface area contributed by atoms with Crippen LogP contribution in [0.1, 0.15) is 30.1 Å². The van der Waals surface area contributed by atoms with Crippen molar-refractivity contribution >= 4 is 23.6 Å². The van der Waals surface area contributed by atoms with Gasteiger partial charge in [0.1, 0.15) is 12.4 Å². The van der Waals surface area contributed by atoms with Crippen molar-refractivity contribution in [3.8, 4) is 5.75 Å². The second kappa shape index (κ2) is 9.37. The Morgan fingerprint density at radius 3 is 2.50 bits per heavy atom. The first kappa shape index (κ1) is 18.4. The first-order valence-electron chi connectivity index (χ1n) is 8.15.